The Hall–Kier alpha value is -2.37. The Labute approximate surface area is 136 Å². The van der Waals surface area contributed by atoms with Gasteiger partial charge in [0, 0.05) is 6.54 Å². The van der Waals surface area contributed by atoms with Crippen LogP contribution < -0.4 is 4.74 Å². The van der Waals surface area contributed by atoms with Crippen LogP contribution in [0.2, 0.25) is 0 Å². The molecule has 0 radical (unpaired) electrons. The molecule has 124 valence electrons. The molecule has 6 heteroatoms. The molecular formula is C17H23N3O3. The molecule has 0 saturated heterocycles. The highest BCUT2D eigenvalue weighted by atomic mass is 16.5. The van der Waals surface area contributed by atoms with Crippen LogP contribution in [-0.4, -0.2) is 26.1 Å². The zero-order chi connectivity index (χ0) is 17.0. The Bertz CT molecular complexity index is 692. The van der Waals surface area contributed by atoms with Gasteiger partial charge in [-0.25, -0.2) is 9.48 Å². The first-order valence-electron chi connectivity index (χ1n) is 7.74. The topological polar surface area (TPSA) is 77.2 Å². The van der Waals surface area contributed by atoms with E-state index in [2.05, 4.69) is 24.2 Å². The minimum Gasteiger partial charge on any atom is -0.487 e. The summed E-state index contributed by atoms with van der Waals surface area (Å²) in [6, 6.07) is 5.94. The first kappa shape index (κ1) is 17.0. The van der Waals surface area contributed by atoms with Gasteiger partial charge in [0.05, 0.1) is 0 Å². The lowest BCUT2D eigenvalue weighted by atomic mass is 10.1. The molecule has 0 aliphatic carbocycles. The molecule has 0 bridgehead atoms. The number of aromatic carboxylic acids is 1. The Balaban J connectivity index is 2.21. The Morgan fingerprint density at radius 1 is 1.35 bits per heavy atom. The average molecular weight is 317 g/mol. The maximum absolute atomic E-state index is 11.3. The van der Waals surface area contributed by atoms with E-state index < -0.39 is 5.97 Å². The summed E-state index contributed by atoms with van der Waals surface area (Å²) in [5, 5.41) is 17.0. The lowest BCUT2D eigenvalue weighted by Crippen LogP contribution is -2.13. The monoisotopic (exact) mass is 317 g/mol. The maximum Gasteiger partial charge on any atom is 0.358 e. The van der Waals surface area contributed by atoms with Gasteiger partial charge in [0.2, 0.25) is 0 Å². The summed E-state index contributed by atoms with van der Waals surface area (Å²) in [5.41, 5.74) is 2.56. The van der Waals surface area contributed by atoms with Crippen LogP contribution in [0.15, 0.2) is 18.2 Å². The van der Waals surface area contributed by atoms with Crippen molar-refractivity contribution in [2.24, 2.45) is 5.92 Å². The van der Waals surface area contributed by atoms with E-state index in [1.165, 1.54) is 0 Å². The number of hydrogen-bond acceptors (Lipinski definition) is 4. The molecule has 0 atom stereocenters. The fourth-order valence-corrected chi connectivity index (χ4v) is 2.21. The first-order valence-corrected chi connectivity index (χ1v) is 7.74. The van der Waals surface area contributed by atoms with Gasteiger partial charge in [-0.1, -0.05) is 31.2 Å². The van der Waals surface area contributed by atoms with Crippen molar-refractivity contribution in [2.75, 3.05) is 0 Å². The summed E-state index contributed by atoms with van der Waals surface area (Å²) in [4.78, 5) is 11.3. The standard InChI is InChI=1S/C17H23N3O3/c1-11(2)7-8-20-14(16(17(21)22)18-19-20)10-23-15-9-12(3)5-6-13(15)4/h5-6,9,11H,7-8,10H2,1-4H3,(H,21,22). The van der Waals surface area contributed by atoms with Crippen LogP contribution in [0.25, 0.3) is 0 Å². The van der Waals surface area contributed by atoms with Crippen molar-refractivity contribution >= 4 is 5.97 Å². The Morgan fingerprint density at radius 3 is 2.74 bits per heavy atom. The summed E-state index contributed by atoms with van der Waals surface area (Å²) >= 11 is 0. The number of aryl methyl sites for hydroxylation is 3. The zero-order valence-electron chi connectivity index (χ0n) is 14.0. The molecule has 0 fully saturated rings. The smallest absolute Gasteiger partial charge is 0.358 e. The average Bonchev–Trinajstić information content (AvgIpc) is 2.89. The van der Waals surface area contributed by atoms with Crippen molar-refractivity contribution in [1.29, 1.82) is 0 Å². The van der Waals surface area contributed by atoms with Crippen molar-refractivity contribution in [2.45, 2.75) is 47.3 Å². The van der Waals surface area contributed by atoms with Gasteiger partial charge in [-0.05, 0) is 43.4 Å². The number of carboxylic acid groups (broad SMARTS) is 1. The molecule has 0 aliphatic heterocycles. The third-order valence-corrected chi connectivity index (χ3v) is 3.67. The lowest BCUT2D eigenvalue weighted by Gasteiger charge is -2.12. The summed E-state index contributed by atoms with van der Waals surface area (Å²) < 4.78 is 7.47. The maximum atomic E-state index is 11.3. The van der Waals surface area contributed by atoms with Crippen LogP contribution in [-0.2, 0) is 13.2 Å². The van der Waals surface area contributed by atoms with E-state index in [0.717, 1.165) is 23.3 Å². The van der Waals surface area contributed by atoms with Crippen LogP contribution in [0.5, 0.6) is 5.75 Å². The summed E-state index contributed by atoms with van der Waals surface area (Å²) in [7, 11) is 0. The third kappa shape index (κ3) is 4.31. The second-order valence-electron chi connectivity index (χ2n) is 6.15. The molecule has 0 saturated carbocycles. The van der Waals surface area contributed by atoms with Crippen LogP contribution in [0.3, 0.4) is 0 Å². The molecule has 6 nitrogen and oxygen atoms in total. The van der Waals surface area contributed by atoms with E-state index in [1.54, 1.807) is 4.68 Å². The van der Waals surface area contributed by atoms with E-state index in [9.17, 15) is 9.90 Å². The van der Waals surface area contributed by atoms with Gasteiger partial charge >= 0.3 is 5.97 Å². The number of ether oxygens (including phenoxy) is 1. The number of carbonyl (C=O) groups is 1. The predicted octanol–water partition coefficient (Wildman–Crippen LogP) is 3.22. The molecule has 23 heavy (non-hydrogen) atoms. The van der Waals surface area contributed by atoms with Gasteiger partial charge in [0.25, 0.3) is 0 Å². The summed E-state index contributed by atoms with van der Waals surface area (Å²) in [5.74, 6) is 0.165. The lowest BCUT2D eigenvalue weighted by molar-refractivity contribution is 0.0687. The third-order valence-electron chi connectivity index (χ3n) is 3.67. The second-order valence-corrected chi connectivity index (χ2v) is 6.15. The van der Waals surface area contributed by atoms with Crippen LogP contribution in [0.1, 0.15) is 47.6 Å². The minimum absolute atomic E-state index is 0.0425. The van der Waals surface area contributed by atoms with Gasteiger partial charge in [0.1, 0.15) is 18.1 Å². The largest absolute Gasteiger partial charge is 0.487 e. The molecule has 0 spiro atoms. The molecule has 2 aromatic rings. The summed E-state index contributed by atoms with van der Waals surface area (Å²) in [6.45, 7) is 8.94. The number of aromatic nitrogens is 3. The fourth-order valence-electron chi connectivity index (χ4n) is 2.21. The molecular weight excluding hydrogens is 294 g/mol. The highest BCUT2D eigenvalue weighted by Gasteiger charge is 2.20. The van der Waals surface area contributed by atoms with Gasteiger partial charge in [0.15, 0.2) is 5.69 Å². The number of carboxylic acids is 1. The minimum atomic E-state index is -1.08. The van der Waals surface area contributed by atoms with Crippen molar-refractivity contribution in [3.8, 4) is 5.75 Å². The first-order chi connectivity index (χ1) is 10.9. The fraction of sp³-hybridized carbons (Fsp3) is 0.471. The molecule has 2 rings (SSSR count). The predicted molar refractivity (Wildman–Crippen MR) is 86.7 cm³/mol. The van der Waals surface area contributed by atoms with E-state index in [1.807, 2.05) is 32.0 Å². The van der Waals surface area contributed by atoms with Crippen molar-refractivity contribution < 1.29 is 14.6 Å². The van der Waals surface area contributed by atoms with Gasteiger partial charge < -0.3 is 9.84 Å². The molecule has 0 unspecified atom stereocenters. The van der Waals surface area contributed by atoms with Crippen molar-refractivity contribution in [1.82, 2.24) is 15.0 Å². The van der Waals surface area contributed by atoms with E-state index in [0.29, 0.717) is 18.2 Å². The molecule has 1 heterocycles. The van der Waals surface area contributed by atoms with Gasteiger partial charge in [-0.3, -0.25) is 0 Å². The van der Waals surface area contributed by atoms with E-state index >= 15 is 0 Å². The van der Waals surface area contributed by atoms with Crippen LogP contribution in [0.4, 0.5) is 0 Å². The van der Waals surface area contributed by atoms with Crippen molar-refractivity contribution in [3.05, 3.63) is 40.7 Å². The number of benzene rings is 1. The molecule has 0 aliphatic rings. The van der Waals surface area contributed by atoms with Crippen molar-refractivity contribution in [3.63, 3.8) is 0 Å². The number of nitrogens with zero attached hydrogens (tertiary/aromatic N) is 3. The van der Waals surface area contributed by atoms with Gasteiger partial charge in [-0.2, -0.15) is 0 Å². The number of rotatable bonds is 7. The molecule has 1 aromatic carbocycles. The summed E-state index contributed by atoms with van der Waals surface area (Å²) in [6.07, 6.45) is 0.902. The Morgan fingerprint density at radius 2 is 2.09 bits per heavy atom. The quantitative estimate of drug-likeness (QED) is 0.848. The highest BCUT2D eigenvalue weighted by molar-refractivity contribution is 5.86. The number of hydrogen-bond donors (Lipinski definition) is 1. The molecule has 1 aromatic heterocycles. The van der Waals surface area contributed by atoms with E-state index in [4.69, 9.17) is 4.74 Å². The SMILES string of the molecule is Cc1ccc(C)c(OCc2c(C(=O)O)nnn2CCC(C)C)c1. The zero-order valence-corrected chi connectivity index (χ0v) is 14.0. The highest BCUT2D eigenvalue weighted by Crippen LogP contribution is 2.21. The van der Waals surface area contributed by atoms with Gasteiger partial charge in [-0.15, -0.1) is 5.10 Å². The normalized spacial score (nSPS) is 11.0. The molecule has 1 N–H and O–H groups in total. The second kappa shape index (κ2) is 7.26. The Kier molecular flexibility index (Phi) is 5.36. The van der Waals surface area contributed by atoms with Crippen LogP contribution in [0, 0.1) is 19.8 Å². The molecule has 0 amide bonds. The van der Waals surface area contributed by atoms with Crippen LogP contribution >= 0.6 is 0 Å². The van der Waals surface area contributed by atoms with E-state index in [-0.39, 0.29) is 12.3 Å².